The van der Waals surface area contributed by atoms with Gasteiger partial charge in [-0.15, -0.1) is 0 Å². The van der Waals surface area contributed by atoms with E-state index in [9.17, 15) is 9.59 Å². The van der Waals surface area contributed by atoms with Crippen LogP contribution in [0.5, 0.6) is 11.5 Å². The van der Waals surface area contributed by atoms with Crippen LogP contribution in [0.2, 0.25) is 0 Å². The van der Waals surface area contributed by atoms with E-state index in [1.807, 2.05) is 32.9 Å². The zero-order valence-corrected chi connectivity index (χ0v) is 17.0. The van der Waals surface area contributed by atoms with Crippen molar-refractivity contribution in [2.75, 3.05) is 27.4 Å². The first kappa shape index (κ1) is 20.9. The fourth-order valence-corrected chi connectivity index (χ4v) is 3.19. The molecule has 1 heterocycles. The number of hydrogen-bond acceptors (Lipinski definition) is 6. The molecule has 0 unspecified atom stereocenters. The summed E-state index contributed by atoms with van der Waals surface area (Å²) in [7, 11) is 3.17. The predicted molar refractivity (Wildman–Crippen MR) is 100 cm³/mol. The molecule has 1 aliphatic heterocycles. The minimum atomic E-state index is -0.588. The van der Waals surface area contributed by atoms with E-state index in [0.717, 1.165) is 11.1 Å². The molecule has 0 N–H and O–H groups in total. The molecule has 1 amide bonds. The van der Waals surface area contributed by atoms with Crippen LogP contribution in [0, 0.1) is 0 Å². The third-order valence-corrected chi connectivity index (χ3v) is 4.33. The molecule has 0 saturated carbocycles. The van der Waals surface area contributed by atoms with Gasteiger partial charge in [0.2, 0.25) is 0 Å². The van der Waals surface area contributed by atoms with Crippen molar-refractivity contribution in [1.82, 2.24) is 4.90 Å². The largest absolute Gasteiger partial charge is 0.493 e. The predicted octanol–water partition coefficient (Wildman–Crippen LogP) is 3.49. The molecule has 1 aliphatic rings. The van der Waals surface area contributed by atoms with E-state index in [2.05, 4.69) is 0 Å². The maximum absolute atomic E-state index is 12.7. The lowest BCUT2D eigenvalue weighted by molar-refractivity contribution is -0.141. The van der Waals surface area contributed by atoms with Gasteiger partial charge in [0.1, 0.15) is 5.60 Å². The molecular formula is C20H29NO6. The molecule has 1 aromatic carbocycles. The van der Waals surface area contributed by atoms with E-state index >= 15 is 0 Å². The minimum absolute atomic E-state index is 0.215. The number of fused-ring (bicyclic) bond motifs is 1. The fraction of sp³-hybridized carbons (Fsp3) is 0.600. The highest BCUT2D eigenvalue weighted by molar-refractivity contribution is 5.70. The molecule has 0 saturated heterocycles. The SMILES string of the molecule is COc1cc2c(cc1OC)[C@@H](CCOC(C)=O)N(C(=O)OC(C)(C)C)CC2. The van der Waals surface area contributed by atoms with Crippen molar-refractivity contribution in [2.45, 2.75) is 52.2 Å². The molecule has 0 spiro atoms. The molecule has 0 aliphatic carbocycles. The number of hydrogen-bond donors (Lipinski definition) is 0. The quantitative estimate of drug-likeness (QED) is 0.729. The van der Waals surface area contributed by atoms with Gasteiger partial charge in [0.25, 0.3) is 0 Å². The van der Waals surface area contributed by atoms with Crippen molar-refractivity contribution in [3.05, 3.63) is 23.3 Å². The molecule has 150 valence electrons. The molecule has 0 fully saturated rings. The normalized spacial score (nSPS) is 16.4. The maximum Gasteiger partial charge on any atom is 0.410 e. The summed E-state index contributed by atoms with van der Waals surface area (Å²) in [5.41, 5.74) is 1.45. The summed E-state index contributed by atoms with van der Waals surface area (Å²) in [6.07, 6.45) is 0.774. The Morgan fingerprint density at radius 2 is 1.78 bits per heavy atom. The van der Waals surface area contributed by atoms with E-state index < -0.39 is 5.60 Å². The number of esters is 1. The molecule has 1 aromatic rings. The van der Waals surface area contributed by atoms with Gasteiger partial charge in [-0.25, -0.2) is 4.79 Å². The molecular weight excluding hydrogens is 350 g/mol. The molecule has 7 heteroatoms. The summed E-state index contributed by atoms with van der Waals surface area (Å²) in [6.45, 7) is 7.61. The smallest absolute Gasteiger partial charge is 0.410 e. The second-order valence-electron chi connectivity index (χ2n) is 7.47. The van der Waals surface area contributed by atoms with Crippen molar-refractivity contribution in [3.8, 4) is 11.5 Å². The van der Waals surface area contributed by atoms with Crippen molar-refractivity contribution < 1.29 is 28.5 Å². The number of nitrogens with zero attached hydrogens (tertiary/aromatic N) is 1. The lowest BCUT2D eigenvalue weighted by Gasteiger charge is -2.38. The summed E-state index contributed by atoms with van der Waals surface area (Å²) >= 11 is 0. The lowest BCUT2D eigenvalue weighted by Crippen LogP contribution is -2.43. The van der Waals surface area contributed by atoms with Crippen molar-refractivity contribution in [1.29, 1.82) is 0 Å². The molecule has 0 bridgehead atoms. The van der Waals surface area contributed by atoms with E-state index in [4.69, 9.17) is 18.9 Å². The molecule has 0 aromatic heterocycles. The Balaban J connectivity index is 2.37. The zero-order valence-electron chi connectivity index (χ0n) is 17.0. The van der Waals surface area contributed by atoms with Gasteiger partial charge in [0.05, 0.1) is 26.9 Å². The highest BCUT2D eigenvalue weighted by atomic mass is 16.6. The Morgan fingerprint density at radius 1 is 1.15 bits per heavy atom. The average molecular weight is 379 g/mol. The molecule has 1 atom stereocenters. The van der Waals surface area contributed by atoms with E-state index in [1.54, 1.807) is 19.1 Å². The number of carbonyl (C=O) groups excluding carboxylic acids is 2. The maximum atomic E-state index is 12.7. The third kappa shape index (κ3) is 5.28. The molecule has 7 nitrogen and oxygen atoms in total. The van der Waals surface area contributed by atoms with Gasteiger partial charge < -0.3 is 23.8 Å². The summed E-state index contributed by atoms with van der Waals surface area (Å²) in [6, 6.07) is 3.56. The Hall–Kier alpha value is -2.44. The number of amides is 1. The Labute approximate surface area is 160 Å². The number of benzene rings is 1. The first-order valence-electron chi connectivity index (χ1n) is 9.04. The third-order valence-electron chi connectivity index (χ3n) is 4.33. The number of carbonyl (C=O) groups is 2. The molecule has 27 heavy (non-hydrogen) atoms. The van der Waals surface area contributed by atoms with Crippen LogP contribution in [0.25, 0.3) is 0 Å². The number of ether oxygens (including phenoxy) is 4. The first-order chi connectivity index (χ1) is 12.7. The molecule has 0 radical (unpaired) electrons. The highest BCUT2D eigenvalue weighted by Crippen LogP contribution is 2.40. The van der Waals surface area contributed by atoms with Crippen LogP contribution in [0.15, 0.2) is 12.1 Å². The summed E-state index contributed by atoms with van der Waals surface area (Å²) < 4.78 is 21.5. The lowest BCUT2D eigenvalue weighted by atomic mass is 9.90. The molecule has 2 rings (SSSR count). The summed E-state index contributed by atoms with van der Waals surface area (Å²) in [5.74, 6) is 0.905. The second kappa shape index (κ2) is 8.50. The summed E-state index contributed by atoms with van der Waals surface area (Å²) in [5, 5.41) is 0. The fourth-order valence-electron chi connectivity index (χ4n) is 3.19. The van der Waals surface area contributed by atoms with Gasteiger partial charge in [0.15, 0.2) is 11.5 Å². The van der Waals surface area contributed by atoms with Crippen LogP contribution >= 0.6 is 0 Å². The van der Waals surface area contributed by atoms with Crippen molar-refractivity contribution in [2.24, 2.45) is 0 Å². The van der Waals surface area contributed by atoms with Crippen LogP contribution in [0.4, 0.5) is 4.79 Å². The first-order valence-corrected chi connectivity index (χ1v) is 9.04. The summed E-state index contributed by atoms with van der Waals surface area (Å²) in [4.78, 5) is 25.6. The van der Waals surface area contributed by atoms with Crippen molar-refractivity contribution >= 4 is 12.1 Å². The standard InChI is InChI=1S/C20H29NO6/c1-13(22)26-10-8-16-15-12-18(25-6)17(24-5)11-14(15)7-9-21(16)19(23)27-20(2,3)4/h11-12,16H,7-10H2,1-6H3/t16-/m1/s1. The topological polar surface area (TPSA) is 74.3 Å². The number of rotatable bonds is 5. The Bertz CT molecular complexity index is 694. The Kier molecular flexibility index (Phi) is 6.57. The van der Waals surface area contributed by atoms with Gasteiger partial charge >= 0.3 is 12.1 Å². The Morgan fingerprint density at radius 3 is 2.33 bits per heavy atom. The van der Waals surface area contributed by atoms with Gasteiger partial charge in [0, 0.05) is 19.9 Å². The van der Waals surface area contributed by atoms with Crippen LogP contribution in [0.3, 0.4) is 0 Å². The monoisotopic (exact) mass is 379 g/mol. The van der Waals surface area contributed by atoms with Crippen LogP contribution in [0.1, 0.15) is 51.3 Å². The second-order valence-corrected chi connectivity index (χ2v) is 7.47. The van der Waals surface area contributed by atoms with Crippen LogP contribution < -0.4 is 9.47 Å². The average Bonchev–Trinajstić information content (AvgIpc) is 2.58. The minimum Gasteiger partial charge on any atom is -0.493 e. The number of methoxy groups -OCH3 is 2. The van der Waals surface area contributed by atoms with E-state index in [0.29, 0.717) is 30.9 Å². The van der Waals surface area contributed by atoms with Crippen LogP contribution in [-0.2, 0) is 20.7 Å². The zero-order chi connectivity index (χ0) is 20.2. The highest BCUT2D eigenvalue weighted by Gasteiger charge is 2.34. The van der Waals surface area contributed by atoms with Crippen LogP contribution in [-0.4, -0.2) is 49.9 Å². The van der Waals surface area contributed by atoms with Gasteiger partial charge in [-0.1, -0.05) is 0 Å². The van der Waals surface area contributed by atoms with E-state index in [-0.39, 0.29) is 24.7 Å². The van der Waals surface area contributed by atoms with E-state index in [1.165, 1.54) is 6.92 Å². The van der Waals surface area contributed by atoms with Gasteiger partial charge in [-0.05, 0) is 50.5 Å². The van der Waals surface area contributed by atoms with Gasteiger partial charge in [-0.2, -0.15) is 0 Å². The van der Waals surface area contributed by atoms with Gasteiger partial charge in [-0.3, -0.25) is 4.79 Å². The van der Waals surface area contributed by atoms with Crippen molar-refractivity contribution in [3.63, 3.8) is 0 Å².